The van der Waals surface area contributed by atoms with Gasteiger partial charge < -0.3 is 5.32 Å². The number of anilines is 1. The fraction of sp³-hybridized carbons (Fsp3) is 0.269. The highest BCUT2D eigenvalue weighted by molar-refractivity contribution is 7.98. The fourth-order valence-corrected chi connectivity index (χ4v) is 6.20. The van der Waals surface area contributed by atoms with Gasteiger partial charge in [-0.3, -0.25) is 9.10 Å². The molecule has 0 bridgehead atoms. The summed E-state index contributed by atoms with van der Waals surface area (Å²) in [5, 5.41) is 2.43. The standard InChI is InChI=1S/C26H26ClF3N2O3S2/c1-19-8-5-6-9-20(19)18-36-15-7-14-31-25(33)17-32(37(34,35)22-10-3-2-4-11-22)24-16-21(26(28,29)30)12-13-23(24)27/h2-6,8-13,16H,7,14-15,17-18H2,1H3,(H,31,33). The number of carbonyl (C=O) groups excluding carboxylic acids is 1. The molecule has 0 saturated carbocycles. The number of benzene rings is 3. The first-order valence-corrected chi connectivity index (χ1v) is 14.3. The van der Waals surface area contributed by atoms with Crippen molar-refractivity contribution in [2.24, 2.45) is 0 Å². The SMILES string of the molecule is Cc1ccccc1CSCCCNC(=O)CN(c1cc(C(F)(F)F)ccc1Cl)S(=O)(=O)c1ccccc1. The number of rotatable bonds is 11. The zero-order valence-electron chi connectivity index (χ0n) is 20.0. The van der Waals surface area contributed by atoms with Gasteiger partial charge in [0.05, 0.1) is 21.2 Å². The summed E-state index contributed by atoms with van der Waals surface area (Å²) in [6, 6.07) is 17.6. The van der Waals surface area contributed by atoms with E-state index in [9.17, 15) is 26.4 Å². The number of halogens is 4. The van der Waals surface area contributed by atoms with E-state index >= 15 is 0 Å². The molecule has 3 aromatic carbocycles. The normalized spacial score (nSPS) is 11.8. The maximum Gasteiger partial charge on any atom is 0.416 e. The molecular weight excluding hydrogens is 545 g/mol. The maximum absolute atomic E-state index is 13.4. The molecule has 0 fully saturated rings. The van der Waals surface area contributed by atoms with E-state index in [2.05, 4.69) is 11.4 Å². The van der Waals surface area contributed by atoms with Crippen LogP contribution in [0.25, 0.3) is 0 Å². The lowest BCUT2D eigenvalue weighted by Gasteiger charge is -2.25. The fourth-order valence-electron chi connectivity index (χ4n) is 3.44. The molecule has 0 aliphatic heterocycles. The van der Waals surface area contributed by atoms with Gasteiger partial charge in [0.15, 0.2) is 0 Å². The number of carbonyl (C=O) groups is 1. The molecule has 0 aliphatic carbocycles. The van der Waals surface area contributed by atoms with Crippen LogP contribution in [0.1, 0.15) is 23.1 Å². The van der Waals surface area contributed by atoms with Crippen LogP contribution in [-0.2, 0) is 26.7 Å². The molecule has 1 N–H and O–H groups in total. The maximum atomic E-state index is 13.4. The molecule has 5 nitrogen and oxygen atoms in total. The molecule has 0 unspecified atom stereocenters. The van der Waals surface area contributed by atoms with Gasteiger partial charge in [-0.25, -0.2) is 8.42 Å². The molecular formula is C26H26ClF3N2O3S2. The summed E-state index contributed by atoms with van der Waals surface area (Å²) >= 11 is 7.84. The third-order valence-corrected chi connectivity index (χ3v) is 8.65. The topological polar surface area (TPSA) is 66.5 Å². The van der Waals surface area contributed by atoms with Crippen molar-refractivity contribution in [2.75, 3.05) is 23.1 Å². The van der Waals surface area contributed by atoms with Crippen molar-refractivity contribution in [3.63, 3.8) is 0 Å². The van der Waals surface area contributed by atoms with Crippen molar-refractivity contribution in [1.29, 1.82) is 0 Å². The highest BCUT2D eigenvalue weighted by atomic mass is 35.5. The number of hydrogen-bond donors (Lipinski definition) is 1. The molecule has 3 rings (SSSR count). The highest BCUT2D eigenvalue weighted by Crippen LogP contribution is 2.37. The first kappa shape index (κ1) is 28.9. The number of alkyl halides is 3. The van der Waals surface area contributed by atoms with Crippen LogP contribution in [0.5, 0.6) is 0 Å². The average Bonchev–Trinajstić information content (AvgIpc) is 2.86. The van der Waals surface area contributed by atoms with E-state index < -0.39 is 39.9 Å². The molecule has 1 amide bonds. The lowest BCUT2D eigenvalue weighted by molar-refractivity contribution is -0.137. The van der Waals surface area contributed by atoms with E-state index in [4.69, 9.17) is 11.6 Å². The monoisotopic (exact) mass is 570 g/mol. The highest BCUT2D eigenvalue weighted by Gasteiger charge is 2.34. The number of sulfonamides is 1. The molecule has 0 saturated heterocycles. The molecule has 3 aromatic rings. The number of nitrogens with zero attached hydrogens (tertiary/aromatic N) is 1. The van der Waals surface area contributed by atoms with Crippen molar-refractivity contribution in [2.45, 2.75) is 30.2 Å². The van der Waals surface area contributed by atoms with Crippen molar-refractivity contribution >= 4 is 45.0 Å². The number of aryl methyl sites for hydroxylation is 1. The van der Waals surface area contributed by atoms with Crippen LogP contribution in [0.15, 0.2) is 77.7 Å². The molecule has 0 atom stereocenters. The first-order chi connectivity index (χ1) is 17.5. The summed E-state index contributed by atoms with van der Waals surface area (Å²) in [6.45, 7) is 1.60. The van der Waals surface area contributed by atoms with Crippen LogP contribution in [0.4, 0.5) is 18.9 Å². The zero-order chi connectivity index (χ0) is 27.1. The van der Waals surface area contributed by atoms with Crippen LogP contribution in [-0.4, -0.2) is 33.2 Å². The molecule has 0 radical (unpaired) electrons. The number of hydrogen-bond acceptors (Lipinski definition) is 4. The molecule has 0 aromatic heterocycles. The third-order valence-electron chi connectivity index (χ3n) is 5.47. The number of thioether (sulfide) groups is 1. The molecule has 198 valence electrons. The van der Waals surface area contributed by atoms with Gasteiger partial charge in [0.2, 0.25) is 5.91 Å². The average molecular weight is 571 g/mol. The summed E-state index contributed by atoms with van der Waals surface area (Å²) in [5.74, 6) is 0.939. The largest absolute Gasteiger partial charge is 0.416 e. The molecule has 0 heterocycles. The second kappa shape index (κ2) is 12.7. The van der Waals surface area contributed by atoms with Crippen LogP contribution in [0, 0.1) is 6.92 Å². The van der Waals surface area contributed by atoms with Gasteiger partial charge in [-0.2, -0.15) is 24.9 Å². The second-order valence-electron chi connectivity index (χ2n) is 8.17. The van der Waals surface area contributed by atoms with Gasteiger partial charge in [-0.15, -0.1) is 0 Å². The van der Waals surface area contributed by atoms with E-state index in [1.807, 2.05) is 25.1 Å². The van der Waals surface area contributed by atoms with Crippen molar-refractivity contribution < 1.29 is 26.4 Å². The van der Waals surface area contributed by atoms with E-state index in [1.165, 1.54) is 35.4 Å². The minimum atomic E-state index is -4.72. The van der Waals surface area contributed by atoms with Gasteiger partial charge in [-0.1, -0.05) is 54.1 Å². The Morgan fingerprint density at radius 1 is 1.03 bits per heavy atom. The minimum Gasteiger partial charge on any atom is -0.354 e. The minimum absolute atomic E-state index is 0.177. The Labute approximate surface area is 224 Å². The smallest absolute Gasteiger partial charge is 0.354 e. The molecule has 0 aliphatic rings. The first-order valence-electron chi connectivity index (χ1n) is 11.3. The summed E-state index contributed by atoms with van der Waals surface area (Å²) in [4.78, 5) is 12.5. The Hall–Kier alpha value is -2.69. The van der Waals surface area contributed by atoms with E-state index in [0.717, 1.165) is 23.6 Å². The predicted octanol–water partition coefficient (Wildman–Crippen LogP) is 6.30. The summed E-state index contributed by atoms with van der Waals surface area (Å²) in [6.07, 6.45) is -4.09. The van der Waals surface area contributed by atoms with Gasteiger partial charge >= 0.3 is 6.18 Å². The van der Waals surface area contributed by atoms with E-state index in [0.29, 0.717) is 16.8 Å². The molecule has 11 heteroatoms. The van der Waals surface area contributed by atoms with Gasteiger partial charge in [-0.05, 0) is 60.6 Å². The number of nitrogens with one attached hydrogen (secondary N) is 1. The van der Waals surface area contributed by atoms with Gasteiger partial charge in [0.1, 0.15) is 6.54 Å². The van der Waals surface area contributed by atoms with Gasteiger partial charge in [0, 0.05) is 12.3 Å². The lowest BCUT2D eigenvalue weighted by Crippen LogP contribution is -2.41. The Morgan fingerprint density at radius 2 is 1.70 bits per heavy atom. The third kappa shape index (κ3) is 7.90. The molecule has 0 spiro atoms. The Balaban J connectivity index is 1.70. The Bertz CT molecular complexity index is 1320. The Morgan fingerprint density at radius 3 is 2.38 bits per heavy atom. The quantitative estimate of drug-likeness (QED) is 0.275. The van der Waals surface area contributed by atoms with Crippen LogP contribution < -0.4 is 9.62 Å². The molecule has 37 heavy (non-hydrogen) atoms. The zero-order valence-corrected chi connectivity index (χ0v) is 22.4. The van der Waals surface area contributed by atoms with Gasteiger partial charge in [0.25, 0.3) is 10.0 Å². The van der Waals surface area contributed by atoms with Crippen LogP contribution in [0.3, 0.4) is 0 Å². The van der Waals surface area contributed by atoms with Crippen molar-refractivity contribution in [1.82, 2.24) is 5.32 Å². The summed E-state index contributed by atoms with van der Waals surface area (Å²) in [7, 11) is -4.39. The van der Waals surface area contributed by atoms with E-state index in [-0.39, 0.29) is 16.5 Å². The summed E-state index contributed by atoms with van der Waals surface area (Å²) in [5.41, 5.74) is 0.933. The Kier molecular flexibility index (Phi) is 9.92. The van der Waals surface area contributed by atoms with E-state index in [1.54, 1.807) is 17.8 Å². The second-order valence-corrected chi connectivity index (χ2v) is 11.5. The number of amides is 1. The van der Waals surface area contributed by atoms with Crippen LogP contribution >= 0.6 is 23.4 Å². The predicted molar refractivity (Wildman–Crippen MR) is 142 cm³/mol. The van der Waals surface area contributed by atoms with Crippen molar-refractivity contribution in [3.8, 4) is 0 Å². The summed E-state index contributed by atoms with van der Waals surface area (Å²) < 4.78 is 67.4. The lowest BCUT2D eigenvalue weighted by atomic mass is 10.1. The van der Waals surface area contributed by atoms with Crippen LogP contribution in [0.2, 0.25) is 5.02 Å². The van der Waals surface area contributed by atoms with Crippen molar-refractivity contribution in [3.05, 3.63) is 94.5 Å².